The number of allylic oxidation sites excluding steroid dienone is 4. The van der Waals surface area contributed by atoms with Crippen LogP contribution in [0.2, 0.25) is 0 Å². The molecule has 3 nitrogen and oxygen atoms in total. The Morgan fingerprint density at radius 3 is 2.17 bits per heavy atom. The van der Waals surface area contributed by atoms with E-state index in [1.807, 2.05) is 0 Å². The molecule has 0 saturated heterocycles. The summed E-state index contributed by atoms with van der Waals surface area (Å²) in [5, 5.41) is 0. The van der Waals surface area contributed by atoms with Crippen molar-refractivity contribution in [2.45, 2.75) is 52.9 Å². The SMILES string of the molecule is COC(=O)CC(=O)CC/C=C(\C)CCC=C(C)C. The van der Waals surface area contributed by atoms with Crippen molar-refractivity contribution in [1.82, 2.24) is 0 Å². The standard InChI is InChI=1S/C15H24O3/c1-12(2)7-5-8-13(3)9-6-10-14(16)11-15(17)18-4/h7,9H,5-6,8,10-11H2,1-4H3/b13-9+. The van der Waals surface area contributed by atoms with Crippen molar-refractivity contribution in [2.75, 3.05) is 7.11 Å². The molecule has 102 valence electrons. The van der Waals surface area contributed by atoms with Gasteiger partial charge in [0.25, 0.3) is 0 Å². The zero-order valence-electron chi connectivity index (χ0n) is 11.9. The van der Waals surface area contributed by atoms with Crippen LogP contribution in [-0.2, 0) is 14.3 Å². The summed E-state index contributed by atoms with van der Waals surface area (Å²) >= 11 is 0. The van der Waals surface area contributed by atoms with E-state index in [2.05, 4.69) is 37.7 Å². The van der Waals surface area contributed by atoms with Crippen molar-refractivity contribution in [3.05, 3.63) is 23.3 Å². The summed E-state index contributed by atoms with van der Waals surface area (Å²) in [7, 11) is 1.29. The number of rotatable bonds is 8. The monoisotopic (exact) mass is 252 g/mol. The van der Waals surface area contributed by atoms with Crippen LogP contribution in [0.4, 0.5) is 0 Å². The van der Waals surface area contributed by atoms with E-state index in [1.54, 1.807) is 0 Å². The van der Waals surface area contributed by atoms with Gasteiger partial charge < -0.3 is 4.74 Å². The summed E-state index contributed by atoms with van der Waals surface area (Å²) in [4.78, 5) is 22.2. The highest BCUT2D eigenvalue weighted by atomic mass is 16.5. The third kappa shape index (κ3) is 9.82. The van der Waals surface area contributed by atoms with E-state index in [-0.39, 0.29) is 12.2 Å². The van der Waals surface area contributed by atoms with Crippen molar-refractivity contribution in [3.63, 3.8) is 0 Å². The molecule has 0 aromatic rings. The van der Waals surface area contributed by atoms with Gasteiger partial charge in [0.2, 0.25) is 0 Å². The number of methoxy groups -OCH3 is 1. The summed E-state index contributed by atoms with van der Waals surface area (Å²) in [5.41, 5.74) is 2.62. The van der Waals surface area contributed by atoms with Gasteiger partial charge in [-0.1, -0.05) is 23.3 Å². The number of hydrogen-bond acceptors (Lipinski definition) is 3. The van der Waals surface area contributed by atoms with E-state index in [9.17, 15) is 9.59 Å². The van der Waals surface area contributed by atoms with Crippen LogP contribution in [-0.4, -0.2) is 18.9 Å². The maximum Gasteiger partial charge on any atom is 0.313 e. The first-order chi connectivity index (χ1) is 8.45. The summed E-state index contributed by atoms with van der Waals surface area (Å²) in [5.74, 6) is -0.514. The third-order valence-electron chi connectivity index (χ3n) is 2.58. The number of carbonyl (C=O) groups is 2. The molecule has 0 heterocycles. The summed E-state index contributed by atoms with van der Waals surface area (Å²) in [6.07, 6.45) is 7.36. The minimum Gasteiger partial charge on any atom is -0.469 e. The minimum absolute atomic E-state index is 0.0600. The quantitative estimate of drug-likeness (QED) is 0.376. The average molecular weight is 252 g/mol. The Bertz CT molecular complexity index is 334. The van der Waals surface area contributed by atoms with Gasteiger partial charge in [0.05, 0.1) is 7.11 Å². The first kappa shape index (κ1) is 16.6. The molecular formula is C15H24O3. The van der Waals surface area contributed by atoms with Crippen LogP contribution in [0.1, 0.15) is 52.9 Å². The highest BCUT2D eigenvalue weighted by Crippen LogP contribution is 2.09. The van der Waals surface area contributed by atoms with Gasteiger partial charge in [-0.15, -0.1) is 0 Å². The Balaban J connectivity index is 3.83. The molecule has 0 bridgehead atoms. The molecule has 0 rings (SSSR count). The third-order valence-corrected chi connectivity index (χ3v) is 2.58. The summed E-state index contributed by atoms with van der Waals surface area (Å²) < 4.78 is 4.44. The van der Waals surface area contributed by atoms with E-state index < -0.39 is 5.97 Å². The maximum atomic E-state index is 11.4. The lowest BCUT2D eigenvalue weighted by Gasteiger charge is -2.00. The van der Waals surface area contributed by atoms with Crippen LogP contribution in [0, 0.1) is 0 Å². The molecule has 0 radical (unpaired) electrons. The predicted octanol–water partition coefficient (Wildman–Crippen LogP) is 3.59. The average Bonchev–Trinajstić information content (AvgIpc) is 2.28. The summed E-state index contributed by atoms with van der Waals surface area (Å²) in [6.45, 7) is 6.25. The van der Waals surface area contributed by atoms with Gasteiger partial charge in [0.1, 0.15) is 12.2 Å². The molecule has 18 heavy (non-hydrogen) atoms. The molecule has 0 saturated carbocycles. The fourth-order valence-electron chi connectivity index (χ4n) is 1.49. The van der Waals surface area contributed by atoms with Crippen LogP contribution >= 0.6 is 0 Å². The van der Waals surface area contributed by atoms with E-state index >= 15 is 0 Å². The van der Waals surface area contributed by atoms with Gasteiger partial charge in [-0.3, -0.25) is 9.59 Å². The molecule has 0 aliphatic carbocycles. The lowest BCUT2D eigenvalue weighted by molar-refractivity contribution is -0.143. The predicted molar refractivity (Wildman–Crippen MR) is 73.3 cm³/mol. The number of ketones is 1. The lowest BCUT2D eigenvalue weighted by atomic mass is 10.1. The second-order valence-electron chi connectivity index (χ2n) is 4.70. The van der Waals surface area contributed by atoms with Crippen LogP contribution in [0.5, 0.6) is 0 Å². The van der Waals surface area contributed by atoms with Gasteiger partial charge in [0.15, 0.2) is 0 Å². The largest absolute Gasteiger partial charge is 0.469 e. The highest BCUT2D eigenvalue weighted by Gasteiger charge is 2.07. The number of ether oxygens (including phenoxy) is 1. The van der Waals surface area contributed by atoms with Crippen LogP contribution in [0.25, 0.3) is 0 Å². The maximum absolute atomic E-state index is 11.4. The van der Waals surface area contributed by atoms with E-state index in [4.69, 9.17) is 0 Å². The number of esters is 1. The second kappa shape index (κ2) is 9.63. The van der Waals surface area contributed by atoms with Crippen LogP contribution in [0.15, 0.2) is 23.3 Å². The highest BCUT2D eigenvalue weighted by molar-refractivity contribution is 5.95. The van der Waals surface area contributed by atoms with Crippen LogP contribution < -0.4 is 0 Å². The Morgan fingerprint density at radius 1 is 1.00 bits per heavy atom. The molecule has 0 N–H and O–H groups in total. The first-order valence-electron chi connectivity index (χ1n) is 6.33. The van der Waals surface area contributed by atoms with Crippen molar-refractivity contribution in [2.24, 2.45) is 0 Å². The first-order valence-corrected chi connectivity index (χ1v) is 6.33. The molecule has 0 aliphatic heterocycles. The van der Waals surface area contributed by atoms with Gasteiger partial charge in [-0.25, -0.2) is 0 Å². The molecule has 0 fully saturated rings. The second-order valence-corrected chi connectivity index (χ2v) is 4.70. The molecule has 0 amide bonds. The van der Waals surface area contributed by atoms with Crippen molar-refractivity contribution in [3.8, 4) is 0 Å². The van der Waals surface area contributed by atoms with Crippen molar-refractivity contribution < 1.29 is 14.3 Å². The van der Waals surface area contributed by atoms with E-state index in [0.717, 1.165) is 12.8 Å². The fraction of sp³-hybridized carbons (Fsp3) is 0.600. The van der Waals surface area contributed by atoms with Gasteiger partial charge in [-0.2, -0.15) is 0 Å². The molecule has 0 unspecified atom stereocenters. The topological polar surface area (TPSA) is 43.4 Å². The Hall–Kier alpha value is -1.38. The molecule has 0 aliphatic rings. The summed E-state index contributed by atoms with van der Waals surface area (Å²) in [6, 6.07) is 0. The van der Waals surface area contributed by atoms with Gasteiger partial charge in [-0.05, 0) is 40.0 Å². The number of hydrogen-bond donors (Lipinski definition) is 0. The zero-order valence-corrected chi connectivity index (χ0v) is 11.9. The fourth-order valence-corrected chi connectivity index (χ4v) is 1.49. The Labute approximate surface area is 110 Å². The molecule has 0 spiro atoms. The molecular weight excluding hydrogens is 228 g/mol. The molecule has 0 atom stereocenters. The zero-order chi connectivity index (χ0) is 14.0. The number of carbonyl (C=O) groups excluding carboxylic acids is 2. The van der Waals surface area contributed by atoms with E-state index in [1.165, 1.54) is 18.3 Å². The molecule has 0 aromatic heterocycles. The minimum atomic E-state index is -0.454. The normalized spacial score (nSPS) is 11.0. The Kier molecular flexibility index (Phi) is 8.89. The smallest absolute Gasteiger partial charge is 0.313 e. The Morgan fingerprint density at radius 2 is 1.61 bits per heavy atom. The lowest BCUT2D eigenvalue weighted by Crippen LogP contribution is -2.08. The van der Waals surface area contributed by atoms with Crippen molar-refractivity contribution in [1.29, 1.82) is 0 Å². The van der Waals surface area contributed by atoms with E-state index in [0.29, 0.717) is 12.8 Å². The van der Waals surface area contributed by atoms with Crippen LogP contribution in [0.3, 0.4) is 0 Å². The van der Waals surface area contributed by atoms with Gasteiger partial charge >= 0.3 is 5.97 Å². The van der Waals surface area contributed by atoms with Gasteiger partial charge in [0, 0.05) is 6.42 Å². The molecule has 0 aromatic carbocycles. The number of Topliss-reactive ketones (excluding diaryl/α,β-unsaturated/α-hetero) is 1. The molecule has 3 heteroatoms. The van der Waals surface area contributed by atoms with Crippen molar-refractivity contribution >= 4 is 11.8 Å².